The van der Waals surface area contributed by atoms with Crippen molar-refractivity contribution in [3.8, 4) is 0 Å². The Morgan fingerprint density at radius 1 is 1.23 bits per heavy atom. The number of nitrogens with two attached hydrogens (primary N) is 1. The smallest absolute Gasteiger partial charge is 0.341 e. The molecule has 3 aromatic rings. The van der Waals surface area contributed by atoms with Crippen molar-refractivity contribution in [1.82, 2.24) is 9.97 Å². The van der Waals surface area contributed by atoms with Crippen LogP contribution in [-0.2, 0) is 9.53 Å². The number of thiophene rings is 1. The second-order valence-electron chi connectivity index (χ2n) is 5.72. The fraction of sp³-hybridized carbons (Fsp3) is 0.211. The minimum absolute atomic E-state index is 0.275. The number of carbonyl (C=O) groups is 1. The van der Waals surface area contributed by atoms with E-state index in [9.17, 15) is 4.79 Å². The summed E-state index contributed by atoms with van der Waals surface area (Å²) in [6, 6.07) is 7.87. The highest BCUT2D eigenvalue weighted by Crippen LogP contribution is 2.33. The summed E-state index contributed by atoms with van der Waals surface area (Å²) in [7, 11) is 1.34. The van der Waals surface area contributed by atoms with Gasteiger partial charge in [0, 0.05) is 9.77 Å². The van der Waals surface area contributed by atoms with Gasteiger partial charge in [-0.25, -0.2) is 14.8 Å². The number of esters is 1. The Labute approximate surface area is 160 Å². The molecular weight excluding hydrogens is 366 g/mol. The molecule has 0 saturated carbocycles. The molecule has 0 radical (unpaired) electrons. The van der Waals surface area contributed by atoms with E-state index in [1.54, 1.807) is 29.2 Å². The van der Waals surface area contributed by atoms with Crippen LogP contribution in [0.25, 0.3) is 21.9 Å². The van der Waals surface area contributed by atoms with Crippen LogP contribution < -0.4 is 5.73 Å². The topological polar surface area (TPSA) is 78.1 Å². The van der Waals surface area contributed by atoms with E-state index in [2.05, 4.69) is 9.97 Å². The number of aryl methyl sites for hydroxylation is 2. The van der Waals surface area contributed by atoms with Gasteiger partial charge in [-0.3, -0.25) is 0 Å². The molecular formula is C19H19N3O2S2. The average Bonchev–Trinajstić information content (AvgIpc) is 2.93. The molecule has 2 heterocycles. The first kappa shape index (κ1) is 18.4. The van der Waals surface area contributed by atoms with Crippen LogP contribution in [0.5, 0.6) is 0 Å². The zero-order chi connectivity index (χ0) is 18.8. The van der Waals surface area contributed by atoms with Gasteiger partial charge in [0.05, 0.1) is 12.5 Å². The predicted molar refractivity (Wildman–Crippen MR) is 109 cm³/mol. The van der Waals surface area contributed by atoms with Gasteiger partial charge in [-0.05, 0) is 49.4 Å². The number of methoxy groups -OCH3 is 1. The largest absolute Gasteiger partial charge is 0.465 e. The molecule has 3 rings (SSSR count). The van der Waals surface area contributed by atoms with Crippen LogP contribution in [0.3, 0.4) is 0 Å². The third-order valence-electron chi connectivity index (χ3n) is 4.13. The molecule has 0 atom stereocenters. The Kier molecular flexibility index (Phi) is 5.29. The standard InChI is InChI=1S/C19H19N3O2S2/c1-10-11(2)26-18-15(10)16(20)21-17(22-18)14(19(23)24-3)9-12-5-7-13(25-4)8-6-12/h5-9H,1-4H3,(H2,20,21,22)/b14-9-. The van der Waals surface area contributed by atoms with Crippen LogP contribution in [0.15, 0.2) is 29.2 Å². The summed E-state index contributed by atoms with van der Waals surface area (Å²) >= 11 is 3.20. The maximum Gasteiger partial charge on any atom is 0.341 e. The van der Waals surface area contributed by atoms with Crippen molar-refractivity contribution in [2.45, 2.75) is 18.7 Å². The average molecular weight is 386 g/mol. The lowest BCUT2D eigenvalue weighted by Crippen LogP contribution is -2.09. The van der Waals surface area contributed by atoms with Gasteiger partial charge >= 0.3 is 5.97 Å². The van der Waals surface area contributed by atoms with Crippen molar-refractivity contribution in [1.29, 1.82) is 0 Å². The summed E-state index contributed by atoms with van der Waals surface area (Å²) in [5.74, 6) is 0.152. The van der Waals surface area contributed by atoms with Gasteiger partial charge in [0.15, 0.2) is 5.82 Å². The molecule has 0 aliphatic carbocycles. The molecule has 0 spiro atoms. The molecule has 0 saturated heterocycles. The summed E-state index contributed by atoms with van der Waals surface area (Å²) in [5, 5.41) is 0.852. The van der Waals surface area contributed by atoms with E-state index in [1.165, 1.54) is 7.11 Å². The van der Waals surface area contributed by atoms with Crippen molar-refractivity contribution in [3.05, 3.63) is 46.1 Å². The summed E-state index contributed by atoms with van der Waals surface area (Å²) in [4.78, 5) is 24.3. The fourth-order valence-electron chi connectivity index (χ4n) is 2.59. The monoisotopic (exact) mass is 385 g/mol. The number of fused-ring (bicyclic) bond motifs is 1. The zero-order valence-electron chi connectivity index (χ0n) is 15.0. The van der Waals surface area contributed by atoms with Crippen LogP contribution >= 0.6 is 23.1 Å². The number of hydrogen-bond donors (Lipinski definition) is 1. The van der Waals surface area contributed by atoms with Gasteiger partial charge in [-0.1, -0.05) is 12.1 Å². The molecule has 1 aromatic carbocycles. The van der Waals surface area contributed by atoms with Gasteiger partial charge in [0.25, 0.3) is 0 Å². The minimum atomic E-state index is -0.498. The number of nitrogens with zero attached hydrogens (tertiary/aromatic N) is 2. The molecule has 5 nitrogen and oxygen atoms in total. The maximum absolute atomic E-state index is 12.3. The summed E-state index contributed by atoms with van der Waals surface area (Å²) < 4.78 is 4.94. The number of carbonyl (C=O) groups excluding carboxylic acids is 1. The minimum Gasteiger partial charge on any atom is -0.465 e. The number of nitrogen functional groups attached to an aromatic ring is 1. The second kappa shape index (κ2) is 7.47. The van der Waals surface area contributed by atoms with Gasteiger partial charge in [-0.15, -0.1) is 23.1 Å². The normalized spacial score (nSPS) is 11.8. The molecule has 2 aromatic heterocycles. The first-order valence-electron chi connectivity index (χ1n) is 7.92. The highest BCUT2D eigenvalue weighted by atomic mass is 32.2. The Hall–Kier alpha value is -2.38. The number of anilines is 1. The van der Waals surface area contributed by atoms with E-state index < -0.39 is 5.97 Å². The van der Waals surface area contributed by atoms with E-state index in [0.29, 0.717) is 5.82 Å². The summed E-state index contributed by atoms with van der Waals surface area (Å²) in [6.07, 6.45) is 3.74. The van der Waals surface area contributed by atoms with E-state index >= 15 is 0 Å². The SMILES string of the molecule is COC(=O)/C(=C\c1ccc(SC)cc1)c1nc(N)c2c(C)c(C)sc2n1. The molecule has 7 heteroatoms. The number of hydrogen-bond acceptors (Lipinski definition) is 7. The fourth-order valence-corrected chi connectivity index (χ4v) is 4.04. The molecule has 0 fully saturated rings. The van der Waals surface area contributed by atoms with Crippen molar-refractivity contribution < 1.29 is 9.53 Å². The third kappa shape index (κ3) is 3.45. The van der Waals surface area contributed by atoms with E-state index in [-0.39, 0.29) is 11.4 Å². The second-order valence-corrected chi connectivity index (χ2v) is 7.80. The Balaban J connectivity index is 2.15. The highest BCUT2D eigenvalue weighted by Gasteiger charge is 2.20. The van der Waals surface area contributed by atoms with Crippen molar-refractivity contribution >= 4 is 56.8 Å². The molecule has 134 valence electrons. The predicted octanol–water partition coefficient (Wildman–Crippen LogP) is 4.33. The summed E-state index contributed by atoms with van der Waals surface area (Å²) in [5.41, 5.74) is 8.37. The Morgan fingerprint density at radius 3 is 2.54 bits per heavy atom. The van der Waals surface area contributed by atoms with E-state index in [0.717, 1.165) is 31.1 Å². The lowest BCUT2D eigenvalue weighted by atomic mass is 10.1. The Bertz CT molecular complexity index is 1010. The van der Waals surface area contributed by atoms with Crippen LogP contribution in [0.4, 0.5) is 5.82 Å². The van der Waals surface area contributed by atoms with Gasteiger partial charge < -0.3 is 10.5 Å². The van der Waals surface area contributed by atoms with Gasteiger partial charge in [0.2, 0.25) is 0 Å². The van der Waals surface area contributed by atoms with Gasteiger partial charge in [-0.2, -0.15) is 0 Å². The van der Waals surface area contributed by atoms with E-state index in [4.69, 9.17) is 10.5 Å². The maximum atomic E-state index is 12.3. The molecule has 26 heavy (non-hydrogen) atoms. The van der Waals surface area contributed by atoms with Crippen molar-refractivity contribution in [3.63, 3.8) is 0 Å². The van der Waals surface area contributed by atoms with Crippen molar-refractivity contribution in [2.24, 2.45) is 0 Å². The van der Waals surface area contributed by atoms with E-state index in [1.807, 2.05) is 44.4 Å². The molecule has 0 aliphatic heterocycles. The number of thioether (sulfide) groups is 1. The lowest BCUT2D eigenvalue weighted by Gasteiger charge is -2.07. The number of ether oxygens (including phenoxy) is 1. The van der Waals surface area contributed by atoms with Crippen molar-refractivity contribution in [2.75, 3.05) is 19.1 Å². The van der Waals surface area contributed by atoms with Crippen LogP contribution in [0, 0.1) is 13.8 Å². The van der Waals surface area contributed by atoms with Crippen LogP contribution in [0.1, 0.15) is 21.8 Å². The molecule has 0 amide bonds. The van der Waals surface area contributed by atoms with Crippen LogP contribution in [0.2, 0.25) is 0 Å². The zero-order valence-corrected chi connectivity index (χ0v) is 16.6. The molecule has 0 bridgehead atoms. The molecule has 0 unspecified atom stereocenters. The lowest BCUT2D eigenvalue weighted by molar-refractivity contribution is -0.133. The quantitative estimate of drug-likeness (QED) is 0.409. The first-order valence-corrected chi connectivity index (χ1v) is 9.96. The summed E-state index contributed by atoms with van der Waals surface area (Å²) in [6.45, 7) is 4.02. The molecule has 2 N–H and O–H groups in total. The Morgan fingerprint density at radius 2 is 1.92 bits per heavy atom. The number of aromatic nitrogens is 2. The van der Waals surface area contributed by atoms with Gasteiger partial charge in [0.1, 0.15) is 16.2 Å². The first-order chi connectivity index (χ1) is 12.4. The van der Waals surface area contributed by atoms with Crippen LogP contribution in [-0.4, -0.2) is 29.3 Å². The third-order valence-corrected chi connectivity index (χ3v) is 5.97. The number of rotatable bonds is 4. The highest BCUT2D eigenvalue weighted by molar-refractivity contribution is 7.98. The molecule has 0 aliphatic rings. The number of benzene rings is 1.